The second kappa shape index (κ2) is 6.94. The van der Waals surface area contributed by atoms with Crippen molar-refractivity contribution in [1.82, 2.24) is 10.1 Å². The van der Waals surface area contributed by atoms with E-state index in [-0.39, 0.29) is 11.8 Å². The lowest BCUT2D eigenvalue weighted by atomic mass is 10.1. The molecule has 1 N–H and O–H groups in total. The van der Waals surface area contributed by atoms with Gasteiger partial charge in [-0.05, 0) is 42.5 Å². The van der Waals surface area contributed by atoms with Gasteiger partial charge < -0.3 is 18.7 Å². The number of hydrogen-bond acceptors (Lipinski definition) is 6. The molecule has 3 heterocycles. The van der Waals surface area contributed by atoms with Crippen LogP contribution in [-0.4, -0.2) is 16.0 Å². The van der Waals surface area contributed by atoms with Gasteiger partial charge in [-0.1, -0.05) is 17.3 Å². The number of amides is 1. The molecule has 26 heavy (non-hydrogen) atoms. The summed E-state index contributed by atoms with van der Waals surface area (Å²) in [5.74, 6) is 1.40. The molecule has 0 saturated heterocycles. The quantitative estimate of drug-likeness (QED) is 0.543. The normalized spacial score (nSPS) is 11.1. The van der Waals surface area contributed by atoms with Crippen LogP contribution >= 0.6 is 0 Å². The Hall–Kier alpha value is -3.87. The zero-order valence-corrected chi connectivity index (χ0v) is 13.5. The number of nitrogens with zero attached hydrogens (tertiary/aromatic N) is 2. The summed E-state index contributed by atoms with van der Waals surface area (Å²) in [6.45, 7) is 0. The van der Waals surface area contributed by atoms with Gasteiger partial charge in [0, 0.05) is 6.08 Å². The van der Waals surface area contributed by atoms with Crippen LogP contribution in [0.5, 0.6) is 0 Å². The van der Waals surface area contributed by atoms with Crippen LogP contribution in [0.4, 0.5) is 5.69 Å². The van der Waals surface area contributed by atoms with Crippen molar-refractivity contribution in [2.45, 2.75) is 0 Å². The predicted molar refractivity (Wildman–Crippen MR) is 93.8 cm³/mol. The second-order valence-electron chi connectivity index (χ2n) is 5.28. The molecule has 7 nitrogen and oxygen atoms in total. The number of furan rings is 2. The molecule has 4 rings (SSSR count). The Balaban J connectivity index is 1.56. The van der Waals surface area contributed by atoms with Gasteiger partial charge in [0.05, 0.1) is 23.8 Å². The molecule has 7 heteroatoms. The number of carbonyl (C=O) groups excluding carboxylic acids is 1. The summed E-state index contributed by atoms with van der Waals surface area (Å²) in [5, 5.41) is 6.70. The third-order valence-corrected chi connectivity index (χ3v) is 3.53. The fourth-order valence-electron chi connectivity index (χ4n) is 2.34. The molecular formula is C19H13N3O4. The topological polar surface area (TPSA) is 94.3 Å². The van der Waals surface area contributed by atoms with Crippen molar-refractivity contribution in [3.63, 3.8) is 0 Å². The number of benzene rings is 1. The SMILES string of the molecule is O=C(/C=C/c1ccco1)Nc1ccccc1-c1nc(-c2ccco2)no1. The van der Waals surface area contributed by atoms with Gasteiger partial charge in [-0.25, -0.2) is 0 Å². The van der Waals surface area contributed by atoms with Crippen molar-refractivity contribution in [3.05, 3.63) is 72.9 Å². The van der Waals surface area contributed by atoms with Crippen LogP contribution in [0.3, 0.4) is 0 Å². The van der Waals surface area contributed by atoms with Crippen LogP contribution in [0.25, 0.3) is 29.1 Å². The molecular weight excluding hydrogens is 334 g/mol. The Morgan fingerprint density at radius 3 is 2.65 bits per heavy atom. The lowest BCUT2D eigenvalue weighted by Crippen LogP contribution is -2.08. The third kappa shape index (κ3) is 3.32. The van der Waals surface area contributed by atoms with Crippen molar-refractivity contribution >= 4 is 17.7 Å². The van der Waals surface area contributed by atoms with Gasteiger partial charge in [0.1, 0.15) is 5.76 Å². The minimum Gasteiger partial charge on any atom is -0.465 e. The highest BCUT2D eigenvalue weighted by atomic mass is 16.5. The summed E-state index contributed by atoms with van der Waals surface area (Å²) in [7, 11) is 0. The molecule has 4 aromatic rings. The van der Waals surface area contributed by atoms with Gasteiger partial charge in [0.15, 0.2) is 5.76 Å². The first-order chi connectivity index (χ1) is 12.8. The van der Waals surface area contributed by atoms with E-state index in [1.54, 1.807) is 54.8 Å². The first-order valence-corrected chi connectivity index (χ1v) is 7.79. The zero-order valence-electron chi connectivity index (χ0n) is 13.5. The summed E-state index contributed by atoms with van der Waals surface area (Å²) in [5.41, 5.74) is 1.16. The van der Waals surface area contributed by atoms with Crippen LogP contribution in [0.15, 0.2) is 80.5 Å². The Morgan fingerprint density at radius 1 is 1.00 bits per heavy atom. The Morgan fingerprint density at radius 2 is 1.85 bits per heavy atom. The number of para-hydroxylation sites is 1. The third-order valence-electron chi connectivity index (χ3n) is 3.53. The highest BCUT2D eigenvalue weighted by molar-refractivity contribution is 6.03. The Kier molecular flexibility index (Phi) is 4.17. The molecule has 1 amide bonds. The summed E-state index contributed by atoms with van der Waals surface area (Å²) in [6.07, 6.45) is 6.04. The average molecular weight is 347 g/mol. The van der Waals surface area contributed by atoms with Gasteiger partial charge >= 0.3 is 0 Å². The molecule has 3 aromatic heterocycles. The van der Waals surface area contributed by atoms with Crippen molar-refractivity contribution < 1.29 is 18.2 Å². The van der Waals surface area contributed by atoms with Crippen molar-refractivity contribution in [2.75, 3.05) is 5.32 Å². The monoisotopic (exact) mass is 347 g/mol. The second-order valence-corrected chi connectivity index (χ2v) is 5.28. The average Bonchev–Trinajstić information content (AvgIpc) is 3.42. The number of nitrogens with one attached hydrogen (secondary N) is 1. The van der Waals surface area contributed by atoms with Crippen molar-refractivity contribution in [3.8, 4) is 23.0 Å². The zero-order chi connectivity index (χ0) is 17.8. The molecule has 128 valence electrons. The van der Waals surface area contributed by atoms with E-state index in [2.05, 4.69) is 15.5 Å². The largest absolute Gasteiger partial charge is 0.465 e. The molecule has 0 aliphatic heterocycles. The van der Waals surface area contributed by atoms with Gasteiger partial charge in [-0.3, -0.25) is 4.79 Å². The van der Waals surface area contributed by atoms with E-state index in [0.29, 0.717) is 28.6 Å². The maximum absolute atomic E-state index is 12.2. The molecule has 0 saturated carbocycles. The lowest BCUT2D eigenvalue weighted by Gasteiger charge is -2.06. The smallest absolute Gasteiger partial charge is 0.260 e. The fourth-order valence-corrected chi connectivity index (χ4v) is 2.34. The van der Waals surface area contributed by atoms with E-state index in [0.717, 1.165) is 0 Å². The number of hydrogen-bond donors (Lipinski definition) is 1. The molecule has 1 aromatic carbocycles. The Labute approximate surface area is 147 Å². The van der Waals surface area contributed by atoms with E-state index in [4.69, 9.17) is 13.4 Å². The standard InChI is InChI=1S/C19H13N3O4/c23-17(10-9-13-5-3-11-24-13)20-15-7-2-1-6-14(15)19-21-18(22-26-19)16-8-4-12-25-16/h1-12H,(H,20,23)/b10-9+. The molecule has 0 unspecified atom stereocenters. The van der Waals surface area contributed by atoms with E-state index in [9.17, 15) is 4.79 Å². The molecule has 0 aliphatic carbocycles. The van der Waals surface area contributed by atoms with Crippen LogP contribution in [-0.2, 0) is 4.79 Å². The van der Waals surface area contributed by atoms with Crippen LogP contribution in [0.2, 0.25) is 0 Å². The summed E-state index contributed by atoms with van der Waals surface area (Å²) in [4.78, 5) is 16.5. The van der Waals surface area contributed by atoms with Crippen LogP contribution in [0.1, 0.15) is 5.76 Å². The molecule has 0 aliphatic rings. The first-order valence-electron chi connectivity index (χ1n) is 7.79. The predicted octanol–water partition coefficient (Wildman–Crippen LogP) is 4.24. The van der Waals surface area contributed by atoms with E-state index in [1.165, 1.54) is 12.3 Å². The molecule has 0 atom stereocenters. The first kappa shape index (κ1) is 15.6. The fraction of sp³-hybridized carbons (Fsp3) is 0. The minimum atomic E-state index is -0.306. The van der Waals surface area contributed by atoms with E-state index >= 15 is 0 Å². The maximum Gasteiger partial charge on any atom is 0.260 e. The van der Waals surface area contributed by atoms with Gasteiger partial charge in [0.25, 0.3) is 5.89 Å². The number of carbonyl (C=O) groups is 1. The number of rotatable bonds is 5. The van der Waals surface area contributed by atoms with Crippen molar-refractivity contribution in [1.29, 1.82) is 0 Å². The van der Waals surface area contributed by atoms with Gasteiger partial charge in [0.2, 0.25) is 11.7 Å². The highest BCUT2D eigenvalue weighted by Gasteiger charge is 2.16. The summed E-state index contributed by atoms with van der Waals surface area (Å²) >= 11 is 0. The van der Waals surface area contributed by atoms with E-state index < -0.39 is 0 Å². The lowest BCUT2D eigenvalue weighted by molar-refractivity contribution is -0.111. The van der Waals surface area contributed by atoms with E-state index in [1.807, 2.05) is 6.07 Å². The Bertz CT molecular complexity index is 1030. The maximum atomic E-state index is 12.2. The molecule has 0 radical (unpaired) electrons. The number of anilines is 1. The van der Waals surface area contributed by atoms with Crippen LogP contribution in [0, 0.1) is 0 Å². The summed E-state index contributed by atoms with van der Waals surface area (Å²) < 4.78 is 15.7. The summed E-state index contributed by atoms with van der Waals surface area (Å²) in [6, 6.07) is 14.1. The molecule has 0 fully saturated rings. The van der Waals surface area contributed by atoms with Gasteiger partial charge in [-0.2, -0.15) is 4.98 Å². The number of aromatic nitrogens is 2. The highest BCUT2D eigenvalue weighted by Crippen LogP contribution is 2.28. The minimum absolute atomic E-state index is 0.280. The van der Waals surface area contributed by atoms with Gasteiger partial charge in [-0.15, -0.1) is 0 Å². The molecule has 0 spiro atoms. The van der Waals surface area contributed by atoms with Crippen molar-refractivity contribution in [2.24, 2.45) is 0 Å². The van der Waals surface area contributed by atoms with Crippen LogP contribution < -0.4 is 5.32 Å². The molecule has 0 bridgehead atoms.